The molecule has 140 valence electrons. The molecule has 0 saturated carbocycles. The molecule has 1 aromatic carbocycles. The van der Waals surface area contributed by atoms with Gasteiger partial charge >= 0.3 is 0 Å². The number of benzene rings is 1. The van der Waals surface area contributed by atoms with Gasteiger partial charge in [0.1, 0.15) is 5.75 Å². The number of alkyl halides is 1. The highest BCUT2D eigenvalue weighted by Gasteiger charge is 2.00. The number of rotatable bonds is 6. The van der Waals surface area contributed by atoms with Crippen LogP contribution in [0.1, 0.15) is 59.9 Å². The van der Waals surface area contributed by atoms with Gasteiger partial charge in [0.15, 0.2) is 0 Å². The number of halogens is 2. The molecule has 0 amide bonds. The lowest BCUT2D eigenvalue weighted by Crippen LogP contribution is -2.00. The molecule has 1 aromatic rings. The fourth-order valence-corrected chi connectivity index (χ4v) is 1.54. The Hall–Kier alpha value is -0.440. The third-order valence-electron chi connectivity index (χ3n) is 2.09. The summed E-state index contributed by atoms with van der Waals surface area (Å²) in [7, 11) is 1.71. The summed E-state index contributed by atoms with van der Waals surface area (Å²) in [4.78, 5) is 0. The zero-order valence-corrected chi connectivity index (χ0v) is 18.1. The zero-order chi connectivity index (χ0) is 19.1. The molecule has 23 heavy (non-hydrogen) atoms. The second-order valence-electron chi connectivity index (χ2n) is 3.48. The van der Waals surface area contributed by atoms with Gasteiger partial charge in [-0.15, -0.1) is 11.6 Å². The first kappa shape index (κ1) is 30.4. The summed E-state index contributed by atoms with van der Waals surface area (Å²) in [5.41, 5.74) is 1.15. The van der Waals surface area contributed by atoms with Crippen LogP contribution in [0, 0.1) is 6.92 Å². The average Bonchev–Trinajstić information content (AvgIpc) is 2.63. The van der Waals surface area contributed by atoms with Crippen LogP contribution in [0.5, 0.6) is 5.75 Å². The minimum absolute atomic E-state index is 0.682. The maximum Gasteiger partial charge on any atom is 0.137 e. The topological polar surface area (TPSA) is 18.5 Å². The van der Waals surface area contributed by atoms with Gasteiger partial charge in [0.05, 0.1) is 11.6 Å². The van der Waals surface area contributed by atoms with Crippen molar-refractivity contribution in [2.45, 2.75) is 61.3 Å². The Kier molecular flexibility index (Phi) is 39.1. The Bertz CT molecular complexity index is 305. The van der Waals surface area contributed by atoms with Crippen molar-refractivity contribution in [3.63, 3.8) is 0 Å². The number of hydrogen-bond acceptors (Lipinski definition) is 2. The summed E-state index contributed by atoms with van der Waals surface area (Å²) >= 11 is 10.7. The monoisotopic (exact) mass is 368 g/mol. The zero-order valence-electron chi connectivity index (χ0n) is 16.6. The molecular formula is C19H38Cl2O2. The summed E-state index contributed by atoms with van der Waals surface area (Å²) in [6, 6.07) is 5.82. The highest BCUT2D eigenvalue weighted by atomic mass is 35.5. The van der Waals surface area contributed by atoms with Gasteiger partial charge in [-0.25, -0.2) is 0 Å². The second-order valence-corrected chi connectivity index (χ2v) is 3.89. The van der Waals surface area contributed by atoms with Crippen LogP contribution in [-0.2, 0) is 4.74 Å². The van der Waals surface area contributed by atoms with E-state index in [1.165, 1.54) is 6.38 Å². The summed E-state index contributed by atoms with van der Waals surface area (Å²) in [6.45, 7) is 15.5. The van der Waals surface area contributed by atoms with E-state index < -0.39 is 0 Å². The lowest BCUT2D eigenvalue weighted by atomic mass is 10.2. The van der Waals surface area contributed by atoms with E-state index >= 15 is 0 Å². The highest BCUT2D eigenvalue weighted by molar-refractivity contribution is 6.32. The van der Waals surface area contributed by atoms with Crippen LogP contribution < -0.4 is 4.74 Å². The molecule has 0 bridgehead atoms. The van der Waals surface area contributed by atoms with Gasteiger partial charge in [-0.2, -0.15) is 0 Å². The Morgan fingerprint density at radius 3 is 1.78 bits per heavy atom. The maximum absolute atomic E-state index is 6.02. The molecule has 0 N–H and O–H groups in total. The van der Waals surface area contributed by atoms with Crippen molar-refractivity contribution in [1.29, 1.82) is 0 Å². The third kappa shape index (κ3) is 21.6. The van der Waals surface area contributed by atoms with E-state index in [1.807, 2.05) is 66.7 Å². The van der Waals surface area contributed by atoms with Crippen molar-refractivity contribution in [3.05, 3.63) is 28.8 Å². The van der Waals surface area contributed by atoms with Gasteiger partial charge < -0.3 is 9.47 Å². The largest absolute Gasteiger partial charge is 0.492 e. The van der Waals surface area contributed by atoms with Crippen LogP contribution in [0.3, 0.4) is 0 Å². The normalized spacial score (nSPS) is 7.78. The first-order valence-electron chi connectivity index (χ1n) is 8.49. The number of ether oxygens (including phenoxy) is 2. The lowest BCUT2D eigenvalue weighted by Gasteiger charge is -2.08. The van der Waals surface area contributed by atoms with E-state index in [-0.39, 0.29) is 0 Å². The van der Waals surface area contributed by atoms with Crippen molar-refractivity contribution in [3.8, 4) is 5.75 Å². The number of hydrogen-bond donors (Lipinski definition) is 0. The number of aryl methyl sites for hydroxylation is 1. The summed E-state index contributed by atoms with van der Waals surface area (Å²) in [6.07, 6.45) is 3.47. The molecule has 2 nitrogen and oxygen atoms in total. The van der Waals surface area contributed by atoms with E-state index in [2.05, 4.69) is 11.6 Å². The lowest BCUT2D eigenvalue weighted by molar-refractivity contribution is 0.184. The molecule has 0 unspecified atom stereocenters. The minimum atomic E-state index is 0.682. The molecule has 0 aliphatic carbocycles. The van der Waals surface area contributed by atoms with Crippen LogP contribution in [0.4, 0.5) is 0 Å². The Morgan fingerprint density at radius 1 is 0.870 bits per heavy atom. The molecule has 0 atom stereocenters. The highest BCUT2D eigenvalue weighted by Crippen LogP contribution is 2.25. The van der Waals surface area contributed by atoms with E-state index in [9.17, 15) is 0 Å². The summed E-state index contributed by atoms with van der Waals surface area (Å²) < 4.78 is 10.5. The van der Waals surface area contributed by atoms with Crippen LogP contribution in [-0.4, -0.2) is 26.7 Å². The van der Waals surface area contributed by atoms with Crippen molar-refractivity contribution in [2.24, 2.45) is 0 Å². The predicted octanol–water partition coefficient (Wildman–Crippen LogP) is 7.39. The van der Waals surface area contributed by atoms with Crippen LogP contribution in [0.2, 0.25) is 5.02 Å². The Balaban J connectivity index is -0.000000196. The van der Waals surface area contributed by atoms with Gasteiger partial charge in [0, 0.05) is 20.1 Å². The summed E-state index contributed by atoms with van der Waals surface area (Å²) in [5.74, 6) is 0.764. The molecule has 0 saturated heterocycles. The molecule has 0 aliphatic heterocycles. The van der Waals surface area contributed by atoms with Crippen molar-refractivity contribution >= 4 is 23.2 Å². The van der Waals surface area contributed by atoms with Gasteiger partial charge in [0.25, 0.3) is 0 Å². The number of unbranched alkanes of at least 4 members (excludes halogenated alkanes) is 1. The van der Waals surface area contributed by atoms with Crippen molar-refractivity contribution < 1.29 is 9.47 Å². The fraction of sp³-hybridized carbons (Fsp3) is 0.684. The van der Waals surface area contributed by atoms with E-state index in [0.29, 0.717) is 11.6 Å². The third-order valence-corrected chi connectivity index (χ3v) is 2.38. The number of methoxy groups -OCH3 is 1. The molecular weight excluding hydrogens is 331 g/mol. The quantitative estimate of drug-likeness (QED) is 0.384. The van der Waals surface area contributed by atoms with Crippen molar-refractivity contribution in [2.75, 3.05) is 26.7 Å². The Morgan fingerprint density at radius 2 is 1.35 bits per heavy atom. The molecule has 0 fully saturated rings. The van der Waals surface area contributed by atoms with Crippen LogP contribution >= 0.6 is 23.2 Å². The first-order chi connectivity index (χ1) is 11.2. The van der Waals surface area contributed by atoms with E-state index in [4.69, 9.17) is 21.1 Å². The van der Waals surface area contributed by atoms with Gasteiger partial charge in [-0.1, -0.05) is 59.2 Å². The Labute approximate surface area is 155 Å². The smallest absolute Gasteiger partial charge is 0.137 e. The fourth-order valence-electron chi connectivity index (χ4n) is 1.25. The molecule has 0 radical (unpaired) electrons. The summed E-state index contributed by atoms with van der Waals surface area (Å²) in [5, 5.41) is 0.682. The molecule has 0 spiro atoms. The predicted molar refractivity (Wildman–Crippen MR) is 109 cm³/mol. The van der Waals surface area contributed by atoms with Crippen molar-refractivity contribution in [1.82, 2.24) is 0 Å². The van der Waals surface area contributed by atoms with E-state index in [1.54, 1.807) is 7.11 Å². The van der Waals surface area contributed by atoms with Crippen LogP contribution in [0.25, 0.3) is 0 Å². The van der Waals surface area contributed by atoms with Gasteiger partial charge in [-0.05, 0) is 37.5 Å². The molecule has 0 heterocycles. The van der Waals surface area contributed by atoms with Gasteiger partial charge in [-0.3, -0.25) is 0 Å². The standard InChI is InChI=1S/C12H17ClO2.3C2H6.CH3Cl/c1-10-5-6-12(11(13)9-10)15-8-4-3-7-14-2;4*1-2/h5-6,9H,3-4,7-8H2,1-2H3;3*1-2H3;1H3. The van der Waals surface area contributed by atoms with Gasteiger partial charge in [0.2, 0.25) is 0 Å². The maximum atomic E-state index is 6.02. The first-order valence-corrected chi connectivity index (χ1v) is 9.63. The second kappa shape index (κ2) is 29.6. The molecule has 0 aliphatic rings. The SMILES string of the molecule is CC.CC.CC.CCl.COCCCCOc1ccc(C)cc1Cl. The molecule has 4 heteroatoms. The van der Waals surface area contributed by atoms with E-state index in [0.717, 1.165) is 30.8 Å². The minimum Gasteiger partial charge on any atom is -0.492 e. The molecule has 1 rings (SSSR count). The van der Waals surface area contributed by atoms with Crippen LogP contribution in [0.15, 0.2) is 18.2 Å². The average molecular weight is 369 g/mol. The molecule has 0 aromatic heterocycles.